The standard InChI is InChI=1S/C9H18ClNO2S2/c10-5-1-2-7-15(12,13)11-9-4-3-6-14-8-9/h9,11H,1-8H2. The number of hydrogen-bond acceptors (Lipinski definition) is 3. The Kier molecular flexibility index (Phi) is 6.34. The Morgan fingerprint density at radius 1 is 1.40 bits per heavy atom. The fraction of sp³-hybridized carbons (Fsp3) is 1.00. The molecule has 1 N–H and O–H groups in total. The molecule has 1 unspecified atom stereocenters. The highest BCUT2D eigenvalue weighted by Crippen LogP contribution is 2.17. The summed E-state index contributed by atoms with van der Waals surface area (Å²) in [5, 5.41) is 0. The first-order valence-electron chi connectivity index (χ1n) is 5.28. The van der Waals surface area contributed by atoms with Crippen molar-refractivity contribution in [3.8, 4) is 0 Å². The summed E-state index contributed by atoms with van der Waals surface area (Å²) in [4.78, 5) is 0. The molecule has 1 aliphatic rings. The summed E-state index contributed by atoms with van der Waals surface area (Å²) in [6.07, 6.45) is 3.50. The maximum atomic E-state index is 11.6. The van der Waals surface area contributed by atoms with Gasteiger partial charge in [0.2, 0.25) is 10.0 Å². The Hall–Kier alpha value is 0.550. The van der Waals surface area contributed by atoms with Crippen molar-refractivity contribution in [1.82, 2.24) is 4.72 Å². The highest BCUT2D eigenvalue weighted by atomic mass is 35.5. The molecule has 0 bridgehead atoms. The Morgan fingerprint density at radius 2 is 2.20 bits per heavy atom. The molecule has 0 radical (unpaired) electrons. The first-order chi connectivity index (χ1) is 7.14. The fourth-order valence-electron chi connectivity index (χ4n) is 1.53. The number of alkyl halides is 1. The molecular weight excluding hydrogens is 254 g/mol. The Morgan fingerprint density at radius 3 is 2.80 bits per heavy atom. The van der Waals surface area contributed by atoms with E-state index in [-0.39, 0.29) is 11.8 Å². The van der Waals surface area contributed by atoms with Gasteiger partial charge in [0.15, 0.2) is 0 Å². The minimum atomic E-state index is -3.08. The predicted octanol–water partition coefficient (Wildman–Crippen LogP) is 1.82. The van der Waals surface area contributed by atoms with Crippen molar-refractivity contribution in [3.05, 3.63) is 0 Å². The zero-order valence-electron chi connectivity index (χ0n) is 8.75. The molecule has 0 saturated carbocycles. The smallest absolute Gasteiger partial charge is 0.211 e. The van der Waals surface area contributed by atoms with Crippen molar-refractivity contribution in [3.63, 3.8) is 0 Å². The zero-order valence-corrected chi connectivity index (χ0v) is 11.1. The molecule has 0 amide bonds. The minimum Gasteiger partial charge on any atom is -0.212 e. The number of halogens is 1. The predicted molar refractivity (Wildman–Crippen MR) is 67.2 cm³/mol. The molecule has 1 aliphatic heterocycles. The summed E-state index contributed by atoms with van der Waals surface area (Å²) in [6, 6.07) is 0.143. The maximum Gasteiger partial charge on any atom is 0.211 e. The third-order valence-electron chi connectivity index (χ3n) is 2.30. The normalized spacial score (nSPS) is 22.9. The van der Waals surface area contributed by atoms with Crippen molar-refractivity contribution in [2.24, 2.45) is 0 Å². The van der Waals surface area contributed by atoms with E-state index in [1.807, 2.05) is 11.8 Å². The molecule has 0 spiro atoms. The van der Waals surface area contributed by atoms with Crippen molar-refractivity contribution in [1.29, 1.82) is 0 Å². The van der Waals surface area contributed by atoms with Gasteiger partial charge in [-0.05, 0) is 31.4 Å². The van der Waals surface area contributed by atoms with Gasteiger partial charge in [-0.1, -0.05) is 0 Å². The molecule has 1 heterocycles. The van der Waals surface area contributed by atoms with Crippen molar-refractivity contribution in [2.75, 3.05) is 23.1 Å². The average molecular weight is 272 g/mol. The first-order valence-corrected chi connectivity index (χ1v) is 8.62. The van der Waals surface area contributed by atoms with Gasteiger partial charge in [-0.25, -0.2) is 13.1 Å². The van der Waals surface area contributed by atoms with Crippen LogP contribution in [0.3, 0.4) is 0 Å². The van der Waals surface area contributed by atoms with Gasteiger partial charge in [0, 0.05) is 17.7 Å². The highest BCUT2D eigenvalue weighted by molar-refractivity contribution is 7.99. The van der Waals surface area contributed by atoms with E-state index >= 15 is 0 Å². The summed E-state index contributed by atoms with van der Waals surface area (Å²) in [5.41, 5.74) is 0. The second-order valence-corrected chi connectivity index (χ2v) is 7.15. The number of unbranched alkanes of at least 4 members (excludes halogenated alkanes) is 1. The third-order valence-corrected chi connectivity index (χ3v) is 5.30. The van der Waals surface area contributed by atoms with Crippen LogP contribution in [0, 0.1) is 0 Å². The van der Waals surface area contributed by atoms with Crippen LogP contribution in [0.2, 0.25) is 0 Å². The average Bonchev–Trinajstić information content (AvgIpc) is 2.18. The first kappa shape index (κ1) is 13.6. The zero-order chi connectivity index (χ0) is 11.1. The van der Waals surface area contributed by atoms with Crippen molar-refractivity contribution in [2.45, 2.75) is 31.7 Å². The van der Waals surface area contributed by atoms with Gasteiger partial charge in [-0.2, -0.15) is 11.8 Å². The SMILES string of the molecule is O=S(=O)(CCCCCl)NC1CCCSC1. The Bertz CT molecular complexity index is 263. The largest absolute Gasteiger partial charge is 0.212 e. The summed E-state index contributed by atoms with van der Waals surface area (Å²) in [6.45, 7) is 0. The molecule has 1 saturated heterocycles. The quantitative estimate of drug-likeness (QED) is 0.592. The maximum absolute atomic E-state index is 11.6. The molecular formula is C9H18ClNO2S2. The van der Waals surface area contributed by atoms with E-state index in [0.29, 0.717) is 12.3 Å². The number of rotatable bonds is 6. The van der Waals surface area contributed by atoms with Gasteiger partial charge in [0.25, 0.3) is 0 Å². The van der Waals surface area contributed by atoms with E-state index in [4.69, 9.17) is 11.6 Å². The van der Waals surface area contributed by atoms with Crippen molar-refractivity contribution < 1.29 is 8.42 Å². The van der Waals surface area contributed by atoms with Crippen LogP contribution in [-0.2, 0) is 10.0 Å². The van der Waals surface area contributed by atoms with Crippen LogP contribution in [0.15, 0.2) is 0 Å². The Balaban J connectivity index is 2.27. The molecule has 3 nitrogen and oxygen atoms in total. The van der Waals surface area contributed by atoms with Crippen LogP contribution >= 0.6 is 23.4 Å². The molecule has 1 rings (SSSR count). The topological polar surface area (TPSA) is 46.2 Å². The Labute approximate surface area is 101 Å². The minimum absolute atomic E-state index is 0.143. The van der Waals surface area contributed by atoms with E-state index < -0.39 is 10.0 Å². The van der Waals surface area contributed by atoms with Crippen LogP contribution in [0.1, 0.15) is 25.7 Å². The second kappa shape index (κ2) is 6.99. The molecule has 0 aliphatic carbocycles. The van der Waals surface area contributed by atoms with Gasteiger partial charge in [0.05, 0.1) is 5.75 Å². The van der Waals surface area contributed by atoms with Crippen LogP contribution in [0.5, 0.6) is 0 Å². The van der Waals surface area contributed by atoms with Crippen LogP contribution in [0.4, 0.5) is 0 Å². The lowest BCUT2D eigenvalue weighted by atomic mass is 10.2. The number of thioether (sulfide) groups is 1. The molecule has 0 aromatic heterocycles. The molecule has 6 heteroatoms. The van der Waals surface area contributed by atoms with Gasteiger partial charge < -0.3 is 0 Å². The summed E-state index contributed by atoms with van der Waals surface area (Å²) < 4.78 is 26.0. The van der Waals surface area contributed by atoms with Crippen LogP contribution in [0.25, 0.3) is 0 Å². The lowest BCUT2D eigenvalue weighted by Crippen LogP contribution is -2.39. The lowest BCUT2D eigenvalue weighted by Gasteiger charge is -2.22. The van der Waals surface area contributed by atoms with E-state index in [9.17, 15) is 8.42 Å². The summed E-state index contributed by atoms with van der Waals surface area (Å²) >= 11 is 7.33. The van der Waals surface area contributed by atoms with Gasteiger partial charge >= 0.3 is 0 Å². The molecule has 0 aromatic rings. The molecule has 1 atom stereocenters. The number of sulfonamides is 1. The monoisotopic (exact) mass is 271 g/mol. The van der Waals surface area contributed by atoms with Crippen molar-refractivity contribution >= 4 is 33.4 Å². The molecule has 0 aromatic carbocycles. The third kappa shape index (κ3) is 6.00. The molecule has 1 fully saturated rings. The molecule has 15 heavy (non-hydrogen) atoms. The molecule has 90 valence electrons. The fourth-order valence-corrected chi connectivity index (χ4v) is 4.31. The lowest BCUT2D eigenvalue weighted by molar-refractivity contribution is 0.541. The van der Waals surface area contributed by atoms with Crippen LogP contribution in [-0.4, -0.2) is 37.6 Å². The second-order valence-electron chi connectivity index (χ2n) is 3.75. The summed E-state index contributed by atoms with van der Waals surface area (Å²) in [5.74, 6) is 2.81. The van der Waals surface area contributed by atoms with Gasteiger partial charge in [0.1, 0.15) is 0 Å². The summed E-state index contributed by atoms with van der Waals surface area (Å²) in [7, 11) is -3.08. The van der Waals surface area contributed by atoms with E-state index in [2.05, 4.69) is 4.72 Å². The van der Waals surface area contributed by atoms with Gasteiger partial charge in [-0.3, -0.25) is 0 Å². The highest BCUT2D eigenvalue weighted by Gasteiger charge is 2.19. The van der Waals surface area contributed by atoms with Gasteiger partial charge in [-0.15, -0.1) is 11.6 Å². The van der Waals surface area contributed by atoms with E-state index in [1.54, 1.807) is 0 Å². The van der Waals surface area contributed by atoms with E-state index in [1.165, 1.54) is 0 Å². The number of hydrogen-bond donors (Lipinski definition) is 1. The van der Waals surface area contributed by atoms with Crippen LogP contribution < -0.4 is 4.72 Å². The number of nitrogens with one attached hydrogen (secondary N) is 1. The van der Waals surface area contributed by atoms with E-state index in [0.717, 1.165) is 30.8 Å².